The summed E-state index contributed by atoms with van der Waals surface area (Å²) in [6, 6.07) is 12.5. The first kappa shape index (κ1) is 23.1. The van der Waals surface area contributed by atoms with E-state index in [-0.39, 0.29) is 18.0 Å². The Morgan fingerprint density at radius 3 is 2.49 bits per heavy atom. The van der Waals surface area contributed by atoms with Crippen LogP contribution in [0, 0.1) is 13.8 Å². The molecule has 0 unspecified atom stereocenters. The number of ether oxygens (including phenoxy) is 1. The van der Waals surface area contributed by atoms with Crippen molar-refractivity contribution in [1.29, 1.82) is 0 Å². The highest BCUT2D eigenvalue weighted by Crippen LogP contribution is 2.34. The topological polar surface area (TPSA) is 82.3 Å². The smallest absolute Gasteiger partial charge is 0.337 e. The fourth-order valence-corrected chi connectivity index (χ4v) is 6.00. The van der Waals surface area contributed by atoms with E-state index in [9.17, 15) is 14.4 Å². The van der Waals surface area contributed by atoms with Crippen LogP contribution in [0.25, 0.3) is 15.9 Å². The van der Waals surface area contributed by atoms with E-state index in [1.165, 1.54) is 20.5 Å². The molecular formula is C27H27N3O4S. The average molecular weight is 490 g/mol. The number of nitrogens with zero attached hydrogens (tertiary/aromatic N) is 2. The Kier molecular flexibility index (Phi) is 6.06. The van der Waals surface area contributed by atoms with Crippen molar-refractivity contribution >= 4 is 33.1 Å². The van der Waals surface area contributed by atoms with Gasteiger partial charge in [-0.1, -0.05) is 6.07 Å². The summed E-state index contributed by atoms with van der Waals surface area (Å²) in [6.07, 6.45) is 3.76. The molecule has 180 valence electrons. The molecule has 1 N–H and O–H groups in total. The minimum Gasteiger partial charge on any atom is -0.497 e. The van der Waals surface area contributed by atoms with Crippen molar-refractivity contribution in [3.8, 4) is 11.4 Å². The molecule has 1 amide bonds. The molecule has 1 aliphatic carbocycles. The maximum absolute atomic E-state index is 13.7. The highest BCUT2D eigenvalue weighted by Gasteiger charge is 2.25. The number of benzene rings is 2. The molecule has 0 saturated carbocycles. The molecule has 8 heteroatoms. The third-order valence-electron chi connectivity index (χ3n) is 6.66. The van der Waals surface area contributed by atoms with Gasteiger partial charge in [0.15, 0.2) is 0 Å². The van der Waals surface area contributed by atoms with Crippen LogP contribution in [-0.4, -0.2) is 22.2 Å². The summed E-state index contributed by atoms with van der Waals surface area (Å²) in [6.45, 7) is 3.82. The molecule has 2 aromatic carbocycles. The molecule has 0 spiro atoms. The van der Waals surface area contributed by atoms with Crippen molar-refractivity contribution in [1.82, 2.24) is 9.13 Å². The van der Waals surface area contributed by atoms with Gasteiger partial charge in [-0.25, -0.2) is 9.36 Å². The Balaban J connectivity index is 1.64. The second-order valence-corrected chi connectivity index (χ2v) is 10.0. The van der Waals surface area contributed by atoms with Crippen molar-refractivity contribution in [2.24, 2.45) is 0 Å². The minimum atomic E-state index is -0.526. The van der Waals surface area contributed by atoms with E-state index < -0.39 is 5.69 Å². The Bertz CT molecular complexity index is 1560. The Morgan fingerprint density at radius 2 is 1.77 bits per heavy atom. The van der Waals surface area contributed by atoms with Gasteiger partial charge < -0.3 is 10.1 Å². The zero-order valence-electron chi connectivity index (χ0n) is 20.0. The standard InChI is InChI=1S/C27H27N3O4S/c1-16-8-9-18(14-17(16)2)28-23(31)15-29-26-24(21-6-4-5-7-22(21)35-26)25(32)30(27(29)33)19-10-12-20(34-3)13-11-19/h8-14H,4-7,15H2,1-3H3,(H,28,31). The number of aryl methyl sites for hydroxylation is 4. The lowest BCUT2D eigenvalue weighted by Crippen LogP contribution is -2.40. The van der Waals surface area contributed by atoms with Crippen molar-refractivity contribution in [3.63, 3.8) is 0 Å². The van der Waals surface area contributed by atoms with E-state index in [0.29, 0.717) is 27.3 Å². The molecule has 7 nitrogen and oxygen atoms in total. The molecule has 4 aromatic rings. The van der Waals surface area contributed by atoms with Gasteiger partial charge in [0, 0.05) is 10.6 Å². The molecule has 5 rings (SSSR count). The number of carbonyl (C=O) groups is 1. The van der Waals surface area contributed by atoms with Crippen LogP contribution in [-0.2, 0) is 24.2 Å². The van der Waals surface area contributed by atoms with Gasteiger partial charge >= 0.3 is 5.69 Å². The number of thiophene rings is 1. The second-order valence-electron chi connectivity index (χ2n) is 8.95. The largest absolute Gasteiger partial charge is 0.497 e. The van der Waals surface area contributed by atoms with Crippen LogP contribution in [0.3, 0.4) is 0 Å². The first-order valence-electron chi connectivity index (χ1n) is 11.7. The third-order valence-corrected chi connectivity index (χ3v) is 7.97. The first-order chi connectivity index (χ1) is 16.9. The van der Waals surface area contributed by atoms with E-state index in [1.54, 1.807) is 31.4 Å². The van der Waals surface area contributed by atoms with Crippen LogP contribution in [0.5, 0.6) is 5.75 Å². The molecule has 2 aromatic heterocycles. The highest BCUT2D eigenvalue weighted by atomic mass is 32.1. The lowest BCUT2D eigenvalue weighted by molar-refractivity contribution is -0.116. The lowest BCUT2D eigenvalue weighted by atomic mass is 9.97. The molecule has 35 heavy (non-hydrogen) atoms. The van der Waals surface area contributed by atoms with Gasteiger partial charge in [-0.05, 0) is 92.6 Å². The summed E-state index contributed by atoms with van der Waals surface area (Å²) in [5.41, 5.74) is 3.49. The fourth-order valence-electron chi connectivity index (χ4n) is 4.63. The minimum absolute atomic E-state index is 0.182. The van der Waals surface area contributed by atoms with Gasteiger partial charge in [-0.3, -0.25) is 14.2 Å². The van der Waals surface area contributed by atoms with Crippen molar-refractivity contribution < 1.29 is 9.53 Å². The van der Waals surface area contributed by atoms with E-state index in [4.69, 9.17) is 4.74 Å². The van der Waals surface area contributed by atoms with Crippen molar-refractivity contribution in [2.45, 2.75) is 46.1 Å². The van der Waals surface area contributed by atoms with Gasteiger partial charge in [-0.2, -0.15) is 0 Å². The number of aromatic nitrogens is 2. The van der Waals surface area contributed by atoms with Crippen LogP contribution >= 0.6 is 11.3 Å². The summed E-state index contributed by atoms with van der Waals surface area (Å²) in [7, 11) is 1.56. The first-order valence-corrected chi connectivity index (χ1v) is 12.5. The number of rotatable bonds is 5. The average Bonchev–Trinajstić information content (AvgIpc) is 3.24. The van der Waals surface area contributed by atoms with E-state index in [0.717, 1.165) is 47.3 Å². The Hall–Kier alpha value is -3.65. The normalized spacial score (nSPS) is 13.0. The third kappa shape index (κ3) is 4.18. The summed E-state index contributed by atoms with van der Waals surface area (Å²) in [4.78, 5) is 42.1. The summed E-state index contributed by atoms with van der Waals surface area (Å²) < 4.78 is 7.84. The maximum Gasteiger partial charge on any atom is 0.337 e. The number of fused-ring (bicyclic) bond motifs is 3. The van der Waals surface area contributed by atoms with Gasteiger partial charge in [0.1, 0.15) is 17.1 Å². The zero-order chi connectivity index (χ0) is 24.7. The summed E-state index contributed by atoms with van der Waals surface area (Å²) in [5.74, 6) is 0.312. The zero-order valence-corrected chi connectivity index (χ0v) is 20.8. The highest BCUT2D eigenvalue weighted by molar-refractivity contribution is 7.18. The Morgan fingerprint density at radius 1 is 1.03 bits per heavy atom. The van der Waals surface area contributed by atoms with Crippen molar-refractivity contribution in [2.75, 3.05) is 12.4 Å². The molecule has 1 aliphatic rings. The number of hydrogen-bond donors (Lipinski definition) is 1. The van der Waals surface area contributed by atoms with Gasteiger partial charge in [0.05, 0.1) is 18.2 Å². The van der Waals surface area contributed by atoms with E-state index in [2.05, 4.69) is 5.32 Å². The van der Waals surface area contributed by atoms with Crippen LogP contribution in [0.1, 0.15) is 34.4 Å². The van der Waals surface area contributed by atoms with Crippen LogP contribution in [0.2, 0.25) is 0 Å². The number of amides is 1. The number of methoxy groups -OCH3 is 1. The number of carbonyl (C=O) groups excluding carboxylic acids is 1. The molecule has 0 aliphatic heterocycles. The van der Waals surface area contributed by atoms with Gasteiger partial charge in [0.25, 0.3) is 5.56 Å². The predicted octanol–water partition coefficient (Wildman–Crippen LogP) is 4.36. The number of hydrogen-bond acceptors (Lipinski definition) is 5. The SMILES string of the molecule is COc1ccc(-n2c(=O)c3c4c(sc3n(CC(=O)Nc3ccc(C)c(C)c3)c2=O)CCCC4)cc1. The molecular weight excluding hydrogens is 462 g/mol. The van der Waals surface area contributed by atoms with Gasteiger partial charge in [-0.15, -0.1) is 11.3 Å². The molecule has 0 fully saturated rings. The molecule has 0 bridgehead atoms. The van der Waals surface area contributed by atoms with Crippen LogP contribution in [0.15, 0.2) is 52.1 Å². The van der Waals surface area contributed by atoms with E-state index >= 15 is 0 Å². The monoisotopic (exact) mass is 489 g/mol. The number of nitrogens with one attached hydrogen (secondary N) is 1. The summed E-state index contributed by atoms with van der Waals surface area (Å²) >= 11 is 1.47. The number of anilines is 1. The Labute approximate surface area is 206 Å². The maximum atomic E-state index is 13.7. The predicted molar refractivity (Wildman–Crippen MR) is 139 cm³/mol. The summed E-state index contributed by atoms with van der Waals surface area (Å²) in [5, 5.41) is 3.46. The lowest BCUT2D eigenvalue weighted by Gasteiger charge is -2.14. The molecule has 0 saturated heterocycles. The van der Waals surface area contributed by atoms with Crippen molar-refractivity contribution in [3.05, 3.63) is 84.9 Å². The second kappa shape index (κ2) is 9.19. The molecule has 0 radical (unpaired) electrons. The quantitative estimate of drug-likeness (QED) is 0.452. The van der Waals surface area contributed by atoms with Gasteiger partial charge in [0.2, 0.25) is 5.91 Å². The van der Waals surface area contributed by atoms with E-state index in [1.807, 2.05) is 32.0 Å². The van der Waals surface area contributed by atoms with Crippen LogP contribution in [0.4, 0.5) is 5.69 Å². The molecule has 2 heterocycles. The van der Waals surface area contributed by atoms with Crippen LogP contribution < -0.4 is 21.3 Å². The molecule has 0 atom stereocenters. The fraction of sp³-hybridized carbons (Fsp3) is 0.296.